The second-order valence-corrected chi connectivity index (χ2v) is 8.91. The third kappa shape index (κ3) is 3.69. The summed E-state index contributed by atoms with van der Waals surface area (Å²) in [5.41, 5.74) is 12.3. The number of aryl methyl sites for hydroxylation is 1. The molecule has 1 aliphatic rings. The van der Waals surface area contributed by atoms with Crippen LogP contribution in [-0.4, -0.2) is 64.0 Å². The van der Waals surface area contributed by atoms with Gasteiger partial charge in [-0.25, -0.2) is 9.97 Å². The van der Waals surface area contributed by atoms with Crippen molar-refractivity contribution in [1.29, 1.82) is 0 Å². The third-order valence-corrected chi connectivity index (χ3v) is 6.54. The number of fused-ring (bicyclic) bond motifs is 1. The summed E-state index contributed by atoms with van der Waals surface area (Å²) in [4.78, 5) is 19.8. The van der Waals surface area contributed by atoms with E-state index in [1.54, 1.807) is 19.1 Å². The molecule has 12 nitrogen and oxygen atoms in total. The molecular formula is C19H21N5O7S. The number of hydrogen-bond donors (Lipinski definition) is 4. The number of aliphatic hydroxyl groups excluding tert-OH is 2. The number of aliphatic hydroxyl groups is 2. The van der Waals surface area contributed by atoms with Gasteiger partial charge in [0.25, 0.3) is 16.0 Å². The van der Waals surface area contributed by atoms with Crippen LogP contribution in [0.3, 0.4) is 0 Å². The van der Waals surface area contributed by atoms with E-state index in [1.165, 1.54) is 22.9 Å². The molecule has 6 N–H and O–H groups in total. The van der Waals surface area contributed by atoms with E-state index in [0.717, 1.165) is 11.9 Å². The molecule has 1 aromatic carbocycles. The van der Waals surface area contributed by atoms with Crippen molar-refractivity contribution in [3.8, 4) is 0 Å². The van der Waals surface area contributed by atoms with Crippen LogP contribution in [0.5, 0.6) is 0 Å². The standard InChI is InChI=1S/C19H21N5O7S/c1-9-2-4-10(5-3-9)32(28,29)31-15-14(26)12(7-25)30-19(15)24-6-11(17(21)27)13-16(20)22-8-23-18(13)24/h2-6,8,12,14-15,19,25-26H,7H2,1H3,(H2,21,27)(H2,20,22,23)/t12-,14-,15-,19-/m1/s1. The lowest BCUT2D eigenvalue weighted by Gasteiger charge is -2.22. The number of carbonyl (C=O) groups is 1. The molecule has 170 valence electrons. The summed E-state index contributed by atoms with van der Waals surface area (Å²) in [5, 5.41) is 20.4. The number of ether oxygens (including phenoxy) is 1. The van der Waals surface area contributed by atoms with Crippen molar-refractivity contribution in [3.63, 3.8) is 0 Å². The van der Waals surface area contributed by atoms with E-state index in [-0.39, 0.29) is 27.3 Å². The molecule has 1 fully saturated rings. The molecule has 13 heteroatoms. The van der Waals surface area contributed by atoms with Crippen LogP contribution in [0.25, 0.3) is 11.0 Å². The molecule has 0 aliphatic carbocycles. The highest BCUT2D eigenvalue weighted by Gasteiger charge is 2.48. The van der Waals surface area contributed by atoms with Gasteiger partial charge in [0, 0.05) is 6.20 Å². The number of anilines is 1. The van der Waals surface area contributed by atoms with Gasteiger partial charge in [-0.15, -0.1) is 0 Å². The average Bonchev–Trinajstić information content (AvgIpc) is 3.27. The number of rotatable bonds is 6. The third-order valence-electron chi connectivity index (χ3n) is 5.22. The highest BCUT2D eigenvalue weighted by atomic mass is 32.2. The van der Waals surface area contributed by atoms with E-state index in [0.29, 0.717) is 0 Å². The molecule has 4 atom stereocenters. The number of nitrogen functional groups attached to an aromatic ring is 1. The molecule has 0 bridgehead atoms. The van der Waals surface area contributed by atoms with Gasteiger partial charge in [-0.3, -0.25) is 8.98 Å². The number of nitrogens with two attached hydrogens (primary N) is 2. The van der Waals surface area contributed by atoms with E-state index in [1.807, 2.05) is 0 Å². The molecule has 4 rings (SSSR count). The Kier molecular flexibility index (Phi) is 5.60. The summed E-state index contributed by atoms with van der Waals surface area (Å²) in [6.07, 6.45) is -3.03. The number of hydrogen-bond acceptors (Lipinski definition) is 10. The maximum Gasteiger partial charge on any atom is 0.297 e. The number of carbonyl (C=O) groups excluding carboxylic acids is 1. The number of nitrogens with zero attached hydrogens (tertiary/aromatic N) is 3. The van der Waals surface area contributed by atoms with Gasteiger partial charge < -0.3 is 31.0 Å². The Morgan fingerprint density at radius 2 is 1.97 bits per heavy atom. The van der Waals surface area contributed by atoms with Crippen LogP contribution in [0, 0.1) is 6.92 Å². The van der Waals surface area contributed by atoms with Crippen molar-refractivity contribution in [3.05, 3.63) is 47.9 Å². The Balaban J connectivity index is 1.80. The van der Waals surface area contributed by atoms with Gasteiger partial charge in [0.15, 0.2) is 12.3 Å². The van der Waals surface area contributed by atoms with Crippen molar-refractivity contribution >= 4 is 32.9 Å². The molecule has 3 heterocycles. The van der Waals surface area contributed by atoms with Gasteiger partial charge in [0.1, 0.15) is 30.0 Å². The Labute approximate surface area is 182 Å². The smallest absolute Gasteiger partial charge is 0.297 e. The van der Waals surface area contributed by atoms with Gasteiger partial charge in [-0.1, -0.05) is 17.7 Å². The molecule has 0 radical (unpaired) electrons. The van der Waals surface area contributed by atoms with E-state index >= 15 is 0 Å². The lowest BCUT2D eigenvalue weighted by atomic mass is 10.1. The fraction of sp³-hybridized carbons (Fsp3) is 0.316. The summed E-state index contributed by atoms with van der Waals surface area (Å²) in [7, 11) is -4.32. The van der Waals surface area contributed by atoms with Crippen LogP contribution in [0.15, 0.2) is 41.7 Å². The highest BCUT2D eigenvalue weighted by Crippen LogP contribution is 2.37. The molecule has 0 unspecified atom stereocenters. The van der Waals surface area contributed by atoms with Crippen LogP contribution in [-0.2, 0) is 19.0 Å². The summed E-state index contributed by atoms with van der Waals surface area (Å²) in [5.74, 6) is -0.846. The van der Waals surface area contributed by atoms with Gasteiger partial charge in [0.05, 0.1) is 22.5 Å². The first-order chi connectivity index (χ1) is 15.1. The van der Waals surface area contributed by atoms with Crippen LogP contribution in [0.1, 0.15) is 22.1 Å². The normalized spacial score (nSPS) is 23.6. The zero-order chi connectivity index (χ0) is 23.2. The van der Waals surface area contributed by atoms with Crippen LogP contribution >= 0.6 is 0 Å². The zero-order valence-corrected chi connectivity index (χ0v) is 17.6. The molecule has 3 aromatic rings. The topological polar surface area (TPSA) is 193 Å². The molecule has 1 aliphatic heterocycles. The number of aromatic nitrogens is 3. The lowest BCUT2D eigenvalue weighted by molar-refractivity contribution is -0.0481. The molecule has 1 saturated heterocycles. The Morgan fingerprint density at radius 3 is 2.59 bits per heavy atom. The molecule has 1 amide bonds. The predicted octanol–water partition coefficient (Wildman–Crippen LogP) is -0.554. The molecular weight excluding hydrogens is 442 g/mol. The first-order valence-corrected chi connectivity index (χ1v) is 10.9. The van der Waals surface area contributed by atoms with Crippen molar-refractivity contribution in [2.24, 2.45) is 5.73 Å². The van der Waals surface area contributed by atoms with Crippen molar-refractivity contribution < 1.29 is 32.3 Å². The molecule has 0 saturated carbocycles. The summed E-state index contributed by atoms with van der Waals surface area (Å²) < 4.78 is 38.1. The van der Waals surface area contributed by atoms with Crippen LogP contribution in [0.2, 0.25) is 0 Å². The Hall–Kier alpha value is -3.10. The summed E-state index contributed by atoms with van der Waals surface area (Å²) in [6.45, 7) is 1.19. The Morgan fingerprint density at radius 1 is 1.28 bits per heavy atom. The fourth-order valence-electron chi connectivity index (χ4n) is 3.59. The van der Waals surface area contributed by atoms with E-state index in [4.69, 9.17) is 20.4 Å². The van der Waals surface area contributed by atoms with Gasteiger partial charge in [-0.05, 0) is 19.1 Å². The molecule has 0 spiro atoms. The van der Waals surface area contributed by atoms with Crippen molar-refractivity contribution in [2.45, 2.75) is 36.4 Å². The van der Waals surface area contributed by atoms with Gasteiger partial charge in [0.2, 0.25) is 0 Å². The zero-order valence-electron chi connectivity index (χ0n) is 16.8. The number of benzene rings is 1. The maximum absolute atomic E-state index is 12.9. The monoisotopic (exact) mass is 463 g/mol. The summed E-state index contributed by atoms with van der Waals surface area (Å²) >= 11 is 0. The number of amides is 1. The van der Waals surface area contributed by atoms with E-state index in [9.17, 15) is 23.4 Å². The minimum atomic E-state index is -4.32. The first-order valence-electron chi connectivity index (χ1n) is 9.49. The average molecular weight is 463 g/mol. The van der Waals surface area contributed by atoms with Crippen LogP contribution < -0.4 is 11.5 Å². The predicted molar refractivity (Wildman–Crippen MR) is 111 cm³/mol. The quantitative estimate of drug-likeness (QED) is 0.344. The lowest BCUT2D eigenvalue weighted by Crippen LogP contribution is -2.37. The SMILES string of the molecule is Cc1ccc(S(=O)(=O)O[C@@H]2[C@H](O)[C@@H](CO)O[C@H]2n2cc(C(N)=O)c3c(N)ncnc32)cc1. The summed E-state index contributed by atoms with van der Waals surface area (Å²) in [6, 6.07) is 5.94. The number of primary amides is 1. The van der Waals surface area contributed by atoms with Crippen molar-refractivity contribution in [1.82, 2.24) is 14.5 Å². The molecule has 2 aromatic heterocycles. The van der Waals surface area contributed by atoms with Crippen LogP contribution in [0.4, 0.5) is 5.82 Å². The van der Waals surface area contributed by atoms with E-state index < -0.39 is 47.2 Å². The van der Waals surface area contributed by atoms with E-state index in [2.05, 4.69) is 9.97 Å². The molecule has 32 heavy (non-hydrogen) atoms. The van der Waals surface area contributed by atoms with Gasteiger partial charge >= 0.3 is 0 Å². The second-order valence-electron chi connectivity index (χ2n) is 7.34. The maximum atomic E-state index is 12.9. The fourth-order valence-corrected chi connectivity index (χ4v) is 4.67. The van der Waals surface area contributed by atoms with Crippen molar-refractivity contribution in [2.75, 3.05) is 12.3 Å². The highest BCUT2D eigenvalue weighted by molar-refractivity contribution is 7.86. The minimum Gasteiger partial charge on any atom is -0.394 e. The Bertz CT molecular complexity index is 1280. The van der Waals surface area contributed by atoms with Gasteiger partial charge in [-0.2, -0.15) is 8.42 Å². The largest absolute Gasteiger partial charge is 0.394 e. The first kappa shape index (κ1) is 22.1. The minimum absolute atomic E-state index is 0.0236. The second kappa shape index (κ2) is 8.11.